The Morgan fingerprint density at radius 2 is 1.64 bits per heavy atom. The lowest BCUT2D eigenvalue weighted by Crippen LogP contribution is -1.87. The first kappa shape index (κ1) is 11.0. The van der Waals surface area contributed by atoms with E-state index in [0.29, 0.717) is 5.56 Å². The van der Waals surface area contributed by atoms with E-state index in [4.69, 9.17) is 23.2 Å². The van der Waals surface area contributed by atoms with E-state index in [1.807, 2.05) is 0 Å². The van der Waals surface area contributed by atoms with Gasteiger partial charge in [0.25, 0.3) is 5.24 Å². The van der Waals surface area contributed by atoms with Crippen molar-refractivity contribution >= 4 is 39.8 Å². The number of carbonyl (C=O) groups is 2. The van der Waals surface area contributed by atoms with E-state index < -0.39 is 10.5 Å². The molecule has 14 heavy (non-hydrogen) atoms. The molecule has 0 spiro atoms. The van der Waals surface area contributed by atoms with Crippen molar-refractivity contribution in [2.24, 2.45) is 0 Å². The normalized spacial score (nSPS) is 10.4. The zero-order valence-corrected chi connectivity index (χ0v) is 8.55. The van der Waals surface area contributed by atoms with Crippen LogP contribution in [-0.4, -0.2) is 10.5 Å². The van der Waals surface area contributed by atoms with Gasteiger partial charge in [0.2, 0.25) is 5.24 Å². The van der Waals surface area contributed by atoms with Crippen molar-refractivity contribution < 1.29 is 9.59 Å². The summed E-state index contributed by atoms with van der Waals surface area (Å²) in [6.07, 6.45) is 2.79. The lowest BCUT2D eigenvalue weighted by molar-refractivity contribution is -0.107. The number of rotatable bonds is 3. The first-order chi connectivity index (χ1) is 6.59. The Bertz CT molecular complexity index is 380. The second-order valence-electron chi connectivity index (χ2n) is 2.53. The predicted molar refractivity (Wildman–Crippen MR) is 56.5 cm³/mol. The second kappa shape index (κ2) is 4.94. The molecule has 0 aliphatic carbocycles. The van der Waals surface area contributed by atoms with Gasteiger partial charge in [-0.25, -0.2) is 0 Å². The van der Waals surface area contributed by atoms with Crippen molar-refractivity contribution in [2.75, 3.05) is 0 Å². The van der Waals surface area contributed by atoms with E-state index in [1.54, 1.807) is 30.3 Å². The van der Waals surface area contributed by atoms with Crippen molar-refractivity contribution in [3.63, 3.8) is 0 Å². The van der Waals surface area contributed by atoms with E-state index >= 15 is 0 Å². The Labute approximate surface area is 91.1 Å². The van der Waals surface area contributed by atoms with E-state index in [2.05, 4.69) is 0 Å². The molecule has 0 bridgehead atoms. The zero-order chi connectivity index (χ0) is 10.6. The molecule has 0 aliphatic heterocycles. The van der Waals surface area contributed by atoms with E-state index in [9.17, 15) is 9.59 Å². The second-order valence-corrected chi connectivity index (χ2v) is 3.25. The molecule has 0 amide bonds. The molecule has 1 aromatic rings. The molecule has 0 radical (unpaired) electrons. The number of carbonyl (C=O) groups excluding carboxylic acids is 2. The summed E-state index contributed by atoms with van der Waals surface area (Å²) in [5, 5.41) is -1.04. The number of allylic oxidation sites excluding steroid dienone is 1. The van der Waals surface area contributed by atoms with E-state index in [0.717, 1.165) is 5.56 Å². The van der Waals surface area contributed by atoms with Crippen molar-refractivity contribution in [1.29, 1.82) is 0 Å². The number of hydrogen-bond acceptors (Lipinski definition) is 2. The third-order valence-electron chi connectivity index (χ3n) is 1.54. The third-order valence-corrected chi connectivity index (χ3v) is 1.89. The molecule has 2 nitrogen and oxygen atoms in total. The fourth-order valence-corrected chi connectivity index (χ4v) is 1.08. The summed E-state index contributed by atoms with van der Waals surface area (Å²) in [5.41, 5.74) is 1.20. The van der Waals surface area contributed by atoms with Gasteiger partial charge in [0.15, 0.2) is 0 Å². The molecule has 0 unspecified atom stereocenters. The van der Waals surface area contributed by atoms with Gasteiger partial charge in [0.05, 0.1) is 0 Å². The SMILES string of the molecule is O=C(Cl)/C=C/c1ccc(C(=O)Cl)cc1. The van der Waals surface area contributed by atoms with Crippen LogP contribution in [0.25, 0.3) is 6.08 Å². The largest absolute Gasteiger partial charge is 0.276 e. The summed E-state index contributed by atoms with van der Waals surface area (Å²) < 4.78 is 0. The lowest BCUT2D eigenvalue weighted by atomic mass is 10.1. The van der Waals surface area contributed by atoms with Gasteiger partial charge in [-0.3, -0.25) is 9.59 Å². The Hall–Kier alpha value is -1.12. The first-order valence-corrected chi connectivity index (χ1v) is 4.52. The maximum Gasteiger partial charge on any atom is 0.252 e. The molecular formula is C10H6Cl2O2. The number of halogens is 2. The van der Waals surface area contributed by atoms with Crippen LogP contribution in [0.2, 0.25) is 0 Å². The van der Waals surface area contributed by atoms with E-state index in [-0.39, 0.29) is 0 Å². The summed E-state index contributed by atoms with van der Waals surface area (Å²) in [5.74, 6) is 0. The monoisotopic (exact) mass is 228 g/mol. The highest BCUT2D eigenvalue weighted by atomic mass is 35.5. The van der Waals surface area contributed by atoms with Gasteiger partial charge in [-0.15, -0.1) is 0 Å². The van der Waals surface area contributed by atoms with Gasteiger partial charge < -0.3 is 0 Å². The van der Waals surface area contributed by atoms with Crippen molar-refractivity contribution in [1.82, 2.24) is 0 Å². The van der Waals surface area contributed by atoms with Gasteiger partial charge in [0, 0.05) is 5.56 Å². The van der Waals surface area contributed by atoms with Gasteiger partial charge >= 0.3 is 0 Å². The summed E-state index contributed by atoms with van der Waals surface area (Å²) in [4.78, 5) is 21.1. The van der Waals surface area contributed by atoms with Gasteiger partial charge in [-0.1, -0.05) is 18.2 Å². The molecule has 0 atom stereocenters. The van der Waals surface area contributed by atoms with Crippen LogP contribution in [0.1, 0.15) is 15.9 Å². The predicted octanol–water partition coefficient (Wildman–Crippen LogP) is 2.84. The summed E-state index contributed by atoms with van der Waals surface area (Å²) in [6.45, 7) is 0. The molecule has 0 aromatic heterocycles. The van der Waals surface area contributed by atoms with Gasteiger partial charge in [-0.2, -0.15) is 0 Å². The number of hydrogen-bond donors (Lipinski definition) is 0. The smallest absolute Gasteiger partial charge is 0.252 e. The molecule has 4 heteroatoms. The molecular weight excluding hydrogens is 223 g/mol. The molecule has 0 saturated heterocycles. The highest BCUT2D eigenvalue weighted by molar-refractivity contribution is 6.67. The third kappa shape index (κ3) is 3.32. The maximum atomic E-state index is 10.7. The Morgan fingerprint density at radius 3 is 2.07 bits per heavy atom. The highest BCUT2D eigenvalue weighted by Crippen LogP contribution is 2.08. The first-order valence-electron chi connectivity index (χ1n) is 3.77. The van der Waals surface area contributed by atoms with Crippen molar-refractivity contribution in [3.05, 3.63) is 41.5 Å². The van der Waals surface area contributed by atoms with Crippen LogP contribution in [0.15, 0.2) is 30.3 Å². The van der Waals surface area contributed by atoms with Crippen molar-refractivity contribution in [2.45, 2.75) is 0 Å². The van der Waals surface area contributed by atoms with Crippen LogP contribution in [0.4, 0.5) is 0 Å². The average Bonchev–Trinajstić information content (AvgIpc) is 2.15. The molecule has 0 heterocycles. The summed E-state index contributed by atoms with van der Waals surface area (Å²) in [6, 6.07) is 6.50. The van der Waals surface area contributed by atoms with Crippen LogP contribution in [0, 0.1) is 0 Å². The molecule has 72 valence electrons. The average molecular weight is 229 g/mol. The Morgan fingerprint density at radius 1 is 1.07 bits per heavy atom. The Balaban J connectivity index is 2.83. The summed E-state index contributed by atoms with van der Waals surface area (Å²) >= 11 is 10.4. The fourth-order valence-electron chi connectivity index (χ4n) is 0.887. The van der Waals surface area contributed by atoms with Gasteiger partial charge in [0.1, 0.15) is 0 Å². The molecule has 1 aromatic carbocycles. The molecule has 0 fully saturated rings. The Kier molecular flexibility index (Phi) is 3.86. The lowest BCUT2D eigenvalue weighted by Gasteiger charge is -1.94. The quantitative estimate of drug-likeness (QED) is 0.589. The minimum Gasteiger partial charge on any atom is -0.276 e. The van der Waals surface area contributed by atoms with Crippen LogP contribution in [-0.2, 0) is 4.79 Å². The summed E-state index contributed by atoms with van der Waals surface area (Å²) in [7, 11) is 0. The van der Waals surface area contributed by atoms with Crippen LogP contribution in [0.5, 0.6) is 0 Å². The number of benzene rings is 1. The topological polar surface area (TPSA) is 34.1 Å². The molecule has 1 rings (SSSR count). The standard InChI is InChI=1S/C10H6Cl2O2/c11-9(13)6-3-7-1-4-8(5-2-7)10(12)14/h1-6H/b6-3+. The van der Waals surface area contributed by atoms with Crippen LogP contribution >= 0.6 is 23.2 Å². The van der Waals surface area contributed by atoms with Crippen LogP contribution in [0.3, 0.4) is 0 Å². The molecule has 0 saturated carbocycles. The van der Waals surface area contributed by atoms with E-state index in [1.165, 1.54) is 6.08 Å². The minimum atomic E-state index is -0.539. The van der Waals surface area contributed by atoms with Gasteiger partial charge in [-0.05, 0) is 47.0 Å². The fraction of sp³-hybridized carbons (Fsp3) is 0. The minimum absolute atomic E-state index is 0.418. The molecule has 0 N–H and O–H groups in total. The highest BCUT2D eigenvalue weighted by Gasteiger charge is 1.99. The van der Waals surface area contributed by atoms with Crippen molar-refractivity contribution in [3.8, 4) is 0 Å². The van der Waals surface area contributed by atoms with Crippen LogP contribution < -0.4 is 0 Å². The maximum absolute atomic E-state index is 10.7. The molecule has 0 aliphatic rings. The zero-order valence-electron chi connectivity index (χ0n) is 7.04.